The van der Waals surface area contributed by atoms with Crippen molar-refractivity contribution in [3.63, 3.8) is 0 Å². The van der Waals surface area contributed by atoms with Gasteiger partial charge in [-0.15, -0.1) is 11.3 Å². The molecule has 0 aliphatic rings. The van der Waals surface area contributed by atoms with Crippen molar-refractivity contribution in [3.05, 3.63) is 76.3 Å². The van der Waals surface area contributed by atoms with Crippen LogP contribution in [-0.4, -0.2) is 10.9 Å². The minimum atomic E-state index is -0.876. The van der Waals surface area contributed by atoms with Crippen molar-refractivity contribution in [1.29, 1.82) is 0 Å². The molecule has 3 nitrogen and oxygen atoms in total. The zero-order valence-electron chi connectivity index (χ0n) is 12.8. The van der Waals surface area contributed by atoms with Gasteiger partial charge in [-0.3, -0.25) is 4.79 Å². The van der Waals surface area contributed by atoms with E-state index >= 15 is 0 Å². The van der Waals surface area contributed by atoms with Crippen LogP contribution in [0.4, 0.5) is 8.78 Å². The molecule has 24 heavy (non-hydrogen) atoms. The number of carbonyl (C=O) groups is 1. The van der Waals surface area contributed by atoms with Crippen molar-refractivity contribution in [2.24, 2.45) is 0 Å². The van der Waals surface area contributed by atoms with E-state index in [1.54, 1.807) is 0 Å². The second-order valence-corrected chi connectivity index (χ2v) is 6.26. The Morgan fingerprint density at radius 2 is 1.75 bits per heavy atom. The molecule has 0 spiro atoms. The minimum absolute atomic E-state index is 0.170. The molecule has 1 heterocycles. The number of nitrogens with one attached hydrogen (secondary N) is 1. The number of benzene rings is 2. The molecule has 122 valence electrons. The molecule has 0 bridgehead atoms. The summed E-state index contributed by atoms with van der Waals surface area (Å²) in [6.07, 6.45) is 0. The number of hydrogen-bond acceptors (Lipinski definition) is 3. The van der Waals surface area contributed by atoms with Crippen molar-refractivity contribution in [1.82, 2.24) is 10.3 Å². The molecular weight excluding hydrogens is 330 g/mol. The summed E-state index contributed by atoms with van der Waals surface area (Å²) in [4.78, 5) is 17.4. The van der Waals surface area contributed by atoms with Crippen LogP contribution in [0.2, 0.25) is 0 Å². The molecule has 0 atom stereocenters. The topological polar surface area (TPSA) is 42.0 Å². The fourth-order valence-corrected chi connectivity index (χ4v) is 3.27. The second kappa shape index (κ2) is 6.88. The zero-order chi connectivity index (χ0) is 17.1. The minimum Gasteiger partial charge on any atom is -0.347 e. The molecule has 3 aromatic rings. The maximum absolute atomic E-state index is 13.6. The van der Waals surface area contributed by atoms with E-state index in [9.17, 15) is 13.6 Å². The highest BCUT2D eigenvalue weighted by Gasteiger charge is 2.17. The van der Waals surface area contributed by atoms with E-state index in [-0.39, 0.29) is 6.54 Å². The highest BCUT2D eigenvalue weighted by molar-refractivity contribution is 7.15. The first kappa shape index (κ1) is 16.3. The molecule has 0 aliphatic carbocycles. The fraction of sp³-hybridized carbons (Fsp3) is 0.111. The van der Waals surface area contributed by atoms with Crippen LogP contribution >= 0.6 is 11.3 Å². The van der Waals surface area contributed by atoms with Crippen LogP contribution in [0.3, 0.4) is 0 Å². The van der Waals surface area contributed by atoms with E-state index in [4.69, 9.17) is 0 Å². The first-order valence-corrected chi connectivity index (χ1v) is 8.12. The van der Waals surface area contributed by atoms with Gasteiger partial charge in [0.05, 0.1) is 12.2 Å². The van der Waals surface area contributed by atoms with Gasteiger partial charge >= 0.3 is 0 Å². The highest BCUT2D eigenvalue weighted by Crippen LogP contribution is 2.27. The SMILES string of the molecule is Cc1nc(-c2ccccc2)sc1CNC(=O)c1c(F)cccc1F. The summed E-state index contributed by atoms with van der Waals surface area (Å²) in [5.41, 5.74) is 1.21. The molecule has 0 aliphatic heterocycles. The summed E-state index contributed by atoms with van der Waals surface area (Å²) in [5, 5.41) is 3.40. The Kier molecular flexibility index (Phi) is 4.66. The molecule has 3 rings (SSSR count). The number of hydrogen-bond donors (Lipinski definition) is 1. The van der Waals surface area contributed by atoms with Gasteiger partial charge in [-0.2, -0.15) is 0 Å². The first-order chi connectivity index (χ1) is 11.6. The summed E-state index contributed by atoms with van der Waals surface area (Å²) >= 11 is 1.44. The Bertz CT molecular complexity index is 858. The van der Waals surface area contributed by atoms with Crippen LogP contribution < -0.4 is 5.32 Å². The Balaban J connectivity index is 1.76. The average molecular weight is 344 g/mol. The number of halogens is 2. The molecular formula is C18H14F2N2OS. The van der Waals surface area contributed by atoms with Crippen LogP contribution in [0, 0.1) is 18.6 Å². The van der Waals surface area contributed by atoms with Crippen LogP contribution in [0.5, 0.6) is 0 Å². The molecule has 0 saturated carbocycles. The van der Waals surface area contributed by atoms with E-state index in [0.717, 1.165) is 33.3 Å². The second-order valence-electron chi connectivity index (χ2n) is 5.17. The third-order valence-corrected chi connectivity index (χ3v) is 4.72. The fourth-order valence-electron chi connectivity index (χ4n) is 2.26. The lowest BCUT2D eigenvalue weighted by Gasteiger charge is -2.06. The first-order valence-electron chi connectivity index (χ1n) is 7.30. The third kappa shape index (κ3) is 3.33. The summed E-state index contributed by atoms with van der Waals surface area (Å²) in [6.45, 7) is 2.01. The molecule has 6 heteroatoms. The quantitative estimate of drug-likeness (QED) is 0.765. The number of amides is 1. The number of thiazole rings is 1. The Morgan fingerprint density at radius 3 is 2.42 bits per heavy atom. The van der Waals surface area contributed by atoms with Gasteiger partial charge in [-0.05, 0) is 19.1 Å². The standard InChI is InChI=1S/C18H14F2N2OS/c1-11-15(24-18(22-11)12-6-3-2-4-7-12)10-21-17(23)16-13(19)8-5-9-14(16)20/h2-9H,10H2,1H3,(H,21,23). The van der Waals surface area contributed by atoms with E-state index in [1.807, 2.05) is 37.3 Å². The van der Waals surface area contributed by atoms with Crippen molar-refractivity contribution >= 4 is 17.2 Å². The van der Waals surface area contributed by atoms with Gasteiger partial charge in [0.15, 0.2) is 0 Å². The maximum atomic E-state index is 13.6. The number of carbonyl (C=O) groups excluding carboxylic acids is 1. The molecule has 1 N–H and O–H groups in total. The summed E-state index contributed by atoms with van der Waals surface area (Å²) in [5.74, 6) is -2.53. The van der Waals surface area contributed by atoms with E-state index in [0.29, 0.717) is 0 Å². The Labute approximate surface area is 142 Å². The van der Waals surface area contributed by atoms with Gasteiger partial charge < -0.3 is 5.32 Å². The molecule has 2 aromatic carbocycles. The lowest BCUT2D eigenvalue weighted by atomic mass is 10.2. The Hall–Kier alpha value is -2.60. The van der Waals surface area contributed by atoms with Crippen molar-refractivity contribution in [3.8, 4) is 10.6 Å². The smallest absolute Gasteiger partial charge is 0.257 e. The molecule has 0 fully saturated rings. The van der Waals surface area contributed by atoms with E-state index in [2.05, 4.69) is 10.3 Å². The molecule has 0 saturated heterocycles. The number of aryl methyl sites for hydroxylation is 1. The summed E-state index contributed by atoms with van der Waals surface area (Å²) in [6, 6.07) is 13.0. The number of rotatable bonds is 4. The predicted octanol–water partition coefficient (Wildman–Crippen LogP) is 4.33. The number of aromatic nitrogens is 1. The van der Waals surface area contributed by atoms with Crippen LogP contribution in [0.1, 0.15) is 20.9 Å². The summed E-state index contributed by atoms with van der Waals surface area (Å²) in [7, 11) is 0. The molecule has 0 unspecified atom stereocenters. The maximum Gasteiger partial charge on any atom is 0.257 e. The van der Waals surface area contributed by atoms with Crippen molar-refractivity contribution in [2.75, 3.05) is 0 Å². The Morgan fingerprint density at radius 1 is 1.08 bits per heavy atom. The van der Waals surface area contributed by atoms with Gasteiger partial charge in [-0.25, -0.2) is 13.8 Å². The van der Waals surface area contributed by atoms with E-state index < -0.39 is 23.1 Å². The van der Waals surface area contributed by atoms with E-state index in [1.165, 1.54) is 17.4 Å². The lowest BCUT2D eigenvalue weighted by Crippen LogP contribution is -2.25. The third-order valence-electron chi connectivity index (χ3n) is 3.51. The predicted molar refractivity (Wildman–Crippen MR) is 89.8 cm³/mol. The normalized spacial score (nSPS) is 10.6. The van der Waals surface area contributed by atoms with Crippen LogP contribution in [-0.2, 0) is 6.54 Å². The molecule has 1 aromatic heterocycles. The van der Waals surface area contributed by atoms with Gasteiger partial charge in [0, 0.05) is 10.4 Å². The lowest BCUT2D eigenvalue weighted by molar-refractivity contribution is 0.0943. The van der Waals surface area contributed by atoms with Gasteiger partial charge in [0.1, 0.15) is 22.2 Å². The van der Waals surface area contributed by atoms with Gasteiger partial charge in [-0.1, -0.05) is 36.4 Å². The molecule has 0 radical (unpaired) electrons. The highest BCUT2D eigenvalue weighted by atomic mass is 32.1. The zero-order valence-corrected chi connectivity index (χ0v) is 13.7. The van der Waals surface area contributed by atoms with Gasteiger partial charge in [0.2, 0.25) is 0 Å². The van der Waals surface area contributed by atoms with Gasteiger partial charge in [0.25, 0.3) is 5.91 Å². The average Bonchev–Trinajstić information content (AvgIpc) is 2.94. The van der Waals surface area contributed by atoms with Crippen LogP contribution in [0.15, 0.2) is 48.5 Å². The number of nitrogens with zero attached hydrogens (tertiary/aromatic N) is 1. The monoisotopic (exact) mass is 344 g/mol. The van der Waals surface area contributed by atoms with Crippen molar-refractivity contribution in [2.45, 2.75) is 13.5 Å². The molecule has 1 amide bonds. The largest absolute Gasteiger partial charge is 0.347 e. The summed E-state index contributed by atoms with van der Waals surface area (Å²) < 4.78 is 27.2. The van der Waals surface area contributed by atoms with Crippen LogP contribution in [0.25, 0.3) is 10.6 Å². The van der Waals surface area contributed by atoms with Crippen molar-refractivity contribution < 1.29 is 13.6 Å².